The fourth-order valence-corrected chi connectivity index (χ4v) is 1.59. The summed E-state index contributed by atoms with van der Waals surface area (Å²) in [5.74, 6) is 0.865. The van der Waals surface area contributed by atoms with E-state index in [0.717, 1.165) is 5.01 Å². The minimum Gasteiger partial charge on any atom is -0.332 e. The molecule has 0 aromatic carbocycles. The number of hydrogen-bond donors (Lipinski definition) is 2. The molecule has 15 heavy (non-hydrogen) atoms. The van der Waals surface area contributed by atoms with E-state index in [0.29, 0.717) is 24.0 Å². The van der Waals surface area contributed by atoms with Crippen LogP contribution in [0.1, 0.15) is 10.8 Å². The summed E-state index contributed by atoms with van der Waals surface area (Å²) in [4.78, 5) is 8.25. The average molecular weight is 248 g/mol. The highest BCUT2D eigenvalue weighted by atomic mass is 35.5. The third-order valence-electron chi connectivity index (χ3n) is 1.60. The lowest BCUT2D eigenvalue weighted by Gasteiger charge is -1.84. The lowest BCUT2D eigenvalue weighted by molar-refractivity contribution is 0.421. The van der Waals surface area contributed by atoms with Gasteiger partial charge in [0.15, 0.2) is 5.82 Å². The Morgan fingerprint density at radius 2 is 2.07 bits per heavy atom. The largest absolute Gasteiger partial charge is 0.332 e. The molecule has 0 saturated heterocycles. The Labute approximate surface area is 96.1 Å². The molecule has 6 nitrogen and oxygen atoms in total. The van der Waals surface area contributed by atoms with E-state index in [1.54, 1.807) is 0 Å². The maximum Gasteiger partial charge on any atom is 0.277 e. The van der Waals surface area contributed by atoms with Crippen molar-refractivity contribution in [3.8, 4) is 11.6 Å². The first-order valence-corrected chi connectivity index (χ1v) is 4.89. The van der Waals surface area contributed by atoms with E-state index in [1.807, 2.05) is 5.38 Å². The number of aromatic nitrogens is 3. The Morgan fingerprint density at radius 1 is 1.27 bits per heavy atom. The number of thiazole rings is 1. The number of nitrogens with zero attached hydrogens (tertiary/aromatic N) is 3. The molecule has 2 rings (SSSR count). The van der Waals surface area contributed by atoms with Crippen molar-refractivity contribution in [2.75, 3.05) is 0 Å². The molecule has 0 saturated carbocycles. The van der Waals surface area contributed by atoms with Crippen LogP contribution in [0.2, 0.25) is 0 Å². The van der Waals surface area contributed by atoms with E-state index in [1.165, 1.54) is 11.3 Å². The van der Waals surface area contributed by atoms with Gasteiger partial charge in [0.25, 0.3) is 5.89 Å². The third-order valence-corrected chi connectivity index (χ3v) is 2.47. The van der Waals surface area contributed by atoms with E-state index in [9.17, 15) is 0 Å². The van der Waals surface area contributed by atoms with Gasteiger partial charge in [-0.3, -0.25) is 0 Å². The van der Waals surface area contributed by atoms with Crippen LogP contribution in [0.3, 0.4) is 0 Å². The summed E-state index contributed by atoms with van der Waals surface area (Å²) in [5, 5.41) is 6.34. The van der Waals surface area contributed by atoms with Crippen LogP contribution in [0.15, 0.2) is 9.90 Å². The topological polar surface area (TPSA) is 104 Å². The maximum absolute atomic E-state index is 5.43. The summed E-state index contributed by atoms with van der Waals surface area (Å²) in [6.45, 7) is 0.680. The Kier molecular flexibility index (Phi) is 4.15. The van der Waals surface area contributed by atoms with Gasteiger partial charge < -0.3 is 16.0 Å². The zero-order valence-electron chi connectivity index (χ0n) is 7.71. The second-order valence-electron chi connectivity index (χ2n) is 2.55. The molecule has 0 aliphatic rings. The molecular formula is C7H10ClN5OS. The molecular weight excluding hydrogens is 238 g/mol. The zero-order chi connectivity index (χ0) is 9.97. The van der Waals surface area contributed by atoms with Crippen molar-refractivity contribution in [3.63, 3.8) is 0 Å². The maximum atomic E-state index is 5.43. The normalized spacial score (nSPS) is 10.0. The number of halogens is 1. The molecule has 0 spiro atoms. The van der Waals surface area contributed by atoms with Crippen molar-refractivity contribution >= 4 is 23.7 Å². The Hall–Kier alpha value is -1.02. The standard InChI is InChI=1S/C7H9N5OS.ClH/c8-1-5-11-7(13-12-5)4-3-14-6(2-9)10-4;/h3H,1-2,8-9H2;1H. The lowest BCUT2D eigenvalue weighted by atomic mass is 10.5. The van der Waals surface area contributed by atoms with Crippen molar-refractivity contribution < 1.29 is 4.52 Å². The van der Waals surface area contributed by atoms with Gasteiger partial charge in [0.2, 0.25) is 0 Å². The second kappa shape index (κ2) is 5.17. The van der Waals surface area contributed by atoms with Gasteiger partial charge in [-0.15, -0.1) is 23.7 Å². The third kappa shape index (κ3) is 2.51. The molecule has 8 heteroatoms. The molecule has 82 valence electrons. The van der Waals surface area contributed by atoms with Crippen molar-refractivity contribution in [2.45, 2.75) is 13.1 Å². The fraction of sp³-hybridized carbons (Fsp3) is 0.286. The zero-order valence-corrected chi connectivity index (χ0v) is 9.35. The van der Waals surface area contributed by atoms with E-state index in [-0.39, 0.29) is 19.0 Å². The van der Waals surface area contributed by atoms with Gasteiger partial charge in [-0.25, -0.2) is 4.98 Å². The summed E-state index contributed by atoms with van der Waals surface area (Å²) in [7, 11) is 0. The van der Waals surface area contributed by atoms with E-state index in [4.69, 9.17) is 16.0 Å². The number of nitrogens with two attached hydrogens (primary N) is 2. The molecule has 4 N–H and O–H groups in total. The highest BCUT2D eigenvalue weighted by Gasteiger charge is 2.10. The summed E-state index contributed by atoms with van der Waals surface area (Å²) in [5.41, 5.74) is 11.4. The molecule has 0 aliphatic heterocycles. The predicted molar refractivity (Wildman–Crippen MR) is 58.4 cm³/mol. The molecule has 2 aromatic rings. The van der Waals surface area contributed by atoms with Crippen molar-refractivity contribution in [2.24, 2.45) is 11.5 Å². The molecule has 0 fully saturated rings. The van der Waals surface area contributed by atoms with Gasteiger partial charge in [-0.1, -0.05) is 5.16 Å². The number of hydrogen-bond acceptors (Lipinski definition) is 7. The van der Waals surface area contributed by atoms with E-state index >= 15 is 0 Å². The van der Waals surface area contributed by atoms with E-state index in [2.05, 4.69) is 15.1 Å². The SMILES string of the molecule is Cl.NCc1noc(-c2csc(CN)n2)n1. The minimum absolute atomic E-state index is 0. The van der Waals surface area contributed by atoms with E-state index < -0.39 is 0 Å². The highest BCUT2D eigenvalue weighted by Crippen LogP contribution is 2.19. The van der Waals surface area contributed by atoms with Gasteiger partial charge in [-0.2, -0.15) is 4.98 Å². The Balaban J connectivity index is 0.00000112. The van der Waals surface area contributed by atoms with Gasteiger partial charge in [-0.05, 0) is 0 Å². The summed E-state index contributed by atoms with van der Waals surface area (Å²) < 4.78 is 4.96. The summed E-state index contributed by atoms with van der Waals surface area (Å²) >= 11 is 1.47. The monoisotopic (exact) mass is 247 g/mol. The van der Waals surface area contributed by atoms with Crippen molar-refractivity contribution in [1.82, 2.24) is 15.1 Å². The van der Waals surface area contributed by atoms with Crippen LogP contribution in [0.25, 0.3) is 11.6 Å². The molecule has 2 aromatic heterocycles. The highest BCUT2D eigenvalue weighted by molar-refractivity contribution is 7.09. The molecule has 2 heterocycles. The van der Waals surface area contributed by atoms with Crippen LogP contribution in [-0.4, -0.2) is 15.1 Å². The fourth-order valence-electron chi connectivity index (χ4n) is 0.944. The smallest absolute Gasteiger partial charge is 0.277 e. The Bertz CT molecular complexity index is 388. The molecule has 0 atom stereocenters. The average Bonchev–Trinajstić information content (AvgIpc) is 2.86. The van der Waals surface area contributed by atoms with Gasteiger partial charge in [0.1, 0.15) is 10.7 Å². The minimum atomic E-state index is 0. The molecule has 0 unspecified atom stereocenters. The van der Waals surface area contributed by atoms with Crippen LogP contribution in [0.5, 0.6) is 0 Å². The van der Waals surface area contributed by atoms with Crippen molar-refractivity contribution in [3.05, 3.63) is 16.2 Å². The van der Waals surface area contributed by atoms with Crippen LogP contribution in [-0.2, 0) is 13.1 Å². The lowest BCUT2D eigenvalue weighted by Crippen LogP contribution is -1.98. The Morgan fingerprint density at radius 3 is 2.60 bits per heavy atom. The summed E-state index contributed by atoms with van der Waals surface area (Å²) in [6, 6.07) is 0. The predicted octanol–water partition coefficient (Wildman–Crippen LogP) is 0.532. The second-order valence-corrected chi connectivity index (χ2v) is 3.49. The molecule has 0 radical (unpaired) electrons. The quantitative estimate of drug-likeness (QED) is 0.820. The van der Waals surface area contributed by atoms with Crippen molar-refractivity contribution in [1.29, 1.82) is 0 Å². The molecule has 0 amide bonds. The van der Waals surface area contributed by atoms with Gasteiger partial charge in [0, 0.05) is 11.9 Å². The van der Waals surface area contributed by atoms with Crippen LogP contribution in [0, 0.1) is 0 Å². The van der Waals surface area contributed by atoms with Gasteiger partial charge in [0.05, 0.1) is 6.54 Å². The first kappa shape index (κ1) is 12.1. The first-order chi connectivity index (χ1) is 6.83. The molecule has 0 aliphatic carbocycles. The molecule has 0 bridgehead atoms. The van der Waals surface area contributed by atoms with Crippen LogP contribution in [0.4, 0.5) is 0 Å². The summed E-state index contributed by atoms with van der Waals surface area (Å²) in [6.07, 6.45) is 0. The number of rotatable bonds is 3. The van der Waals surface area contributed by atoms with Gasteiger partial charge >= 0.3 is 0 Å². The first-order valence-electron chi connectivity index (χ1n) is 4.01. The van der Waals surface area contributed by atoms with Crippen LogP contribution < -0.4 is 11.5 Å². The van der Waals surface area contributed by atoms with Crippen LogP contribution >= 0.6 is 23.7 Å².